The molecule has 17 heavy (non-hydrogen) atoms. The SMILES string of the molecule is COC(=O)c1cnc(C2CSCCO2)nc1N. The van der Waals surface area contributed by atoms with Gasteiger partial charge in [-0.1, -0.05) is 0 Å². The number of esters is 1. The van der Waals surface area contributed by atoms with E-state index in [1.165, 1.54) is 13.3 Å². The fourth-order valence-electron chi connectivity index (χ4n) is 1.47. The molecule has 6 nitrogen and oxygen atoms in total. The van der Waals surface area contributed by atoms with Crippen LogP contribution in [-0.4, -0.2) is 41.2 Å². The van der Waals surface area contributed by atoms with Gasteiger partial charge in [-0.2, -0.15) is 11.8 Å². The van der Waals surface area contributed by atoms with Crippen LogP contribution in [0.5, 0.6) is 0 Å². The Morgan fingerprint density at radius 2 is 2.53 bits per heavy atom. The van der Waals surface area contributed by atoms with Gasteiger partial charge in [-0.15, -0.1) is 0 Å². The van der Waals surface area contributed by atoms with E-state index in [-0.39, 0.29) is 17.5 Å². The first-order valence-corrected chi connectivity index (χ1v) is 6.28. The zero-order valence-corrected chi connectivity index (χ0v) is 10.2. The van der Waals surface area contributed by atoms with Gasteiger partial charge in [0.15, 0.2) is 5.82 Å². The minimum atomic E-state index is -0.534. The van der Waals surface area contributed by atoms with Crippen molar-refractivity contribution in [2.45, 2.75) is 6.10 Å². The number of aromatic nitrogens is 2. The molecule has 1 aliphatic heterocycles. The van der Waals surface area contributed by atoms with E-state index in [0.29, 0.717) is 12.4 Å². The molecule has 1 unspecified atom stereocenters. The molecule has 0 spiro atoms. The van der Waals surface area contributed by atoms with Gasteiger partial charge in [0.25, 0.3) is 0 Å². The van der Waals surface area contributed by atoms with Gasteiger partial charge in [0.05, 0.1) is 13.7 Å². The van der Waals surface area contributed by atoms with Crippen LogP contribution >= 0.6 is 11.8 Å². The molecule has 2 rings (SSSR count). The Labute approximate surface area is 103 Å². The fourth-order valence-corrected chi connectivity index (χ4v) is 2.31. The molecule has 7 heteroatoms. The molecule has 1 aliphatic rings. The number of carbonyl (C=O) groups is 1. The average Bonchev–Trinajstić information content (AvgIpc) is 2.39. The van der Waals surface area contributed by atoms with Crippen LogP contribution in [0.15, 0.2) is 6.20 Å². The molecule has 1 fully saturated rings. The molecule has 92 valence electrons. The zero-order valence-electron chi connectivity index (χ0n) is 9.38. The van der Waals surface area contributed by atoms with Crippen LogP contribution in [0.25, 0.3) is 0 Å². The van der Waals surface area contributed by atoms with Gasteiger partial charge in [0, 0.05) is 17.7 Å². The molecule has 2 heterocycles. The van der Waals surface area contributed by atoms with E-state index in [0.717, 1.165) is 11.5 Å². The third-order valence-corrected chi connectivity index (χ3v) is 3.34. The second-order valence-corrected chi connectivity index (χ2v) is 4.60. The molecule has 0 aromatic carbocycles. The lowest BCUT2D eigenvalue weighted by Gasteiger charge is -2.21. The number of nitrogens with zero attached hydrogens (tertiary/aromatic N) is 2. The van der Waals surface area contributed by atoms with Gasteiger partial charge in [-0.3, -0.25) is 0 Å². The largest absolute Gasteiger partial charge is 0.465 e. The predicted octanol–water partition coefficient (Wildman–Crippen LogP) is 0.650. The summed E-state index contributed by atoms with van der Waals surface area (Å²) in [5.41, 5.74) is 5.87. The highest BCUT2D eigenvalue weighted by Gasteiger charge is 2.21. The number of nitrogens with two attached hydrogens (primary N) is 1. The number of rotatable bonds is 2. The van der Waals surface area contributed by atoms with Crippen molar-refractivity contribution < 1.29 is 14.3 Å². The summed E-state index contributed by atoms with van der Waals surface area (Å²) in [4.78, 5) is 19.5. The van der Waals surface area contributed by atoms with Gasteiger partial charge in [-0.25, -0.2) is 14.8 Å². The lowest BCUT2D eigenvalue weighted by Crippen LogP contribution is -2.19. The van der Waals surface area contributed by atoms with Crippen molar-refractivity contribution in [3.8, 4) is 0 Å². The lowest BCUT2D eigenvalue weighted by molar-refractivity contribution is 0.0596. The van der Waals surface area contributed by atoms with Crippen molar-refractivity contribution in [1.82, 2.24) is 9.97 Å². The predicted molar refractivity (Wildman–Crippen MR) is 63.8 cm³/mol. The van der Waals surface area contributed by atoms with E-state index in [1.807, 2.05) is 0 Å². The van der Waals surface area contributed by atoms with Crippen LogP contribution in [0.2, 0.25) is 0 Å². The normalized spacial score (nSPS) is 19.9. The summed E-state index contributed by atoms with van der Waals surface area (Å²) in [7, 11) is 1.29. The molecule has 0 saturated carbocycles. The van der Waals surface area contributed by atoms with Gasteiger partial charge >= 0.3 is 5.97 Å². The van der Waals surface area contributed by atoms with Crippen LogP contribution in [0.4, 0.5) is 5.82 Å². The third-order valence-electron chi connectivity index (χ3n) is 2.35. The van der Waals surface area contributed by atoms with E-state index >= 15 is 0 Å². The maximum atomic E-state index is 11.3. The molecule has 1 aromatic heterocycles. The Hall–Kier alpha value is -1.34. The fraction of sp³-hybridized carbons (Fsp3) is 0.500. The first-order valence-electron chi connectivity index (χ1n) is 5.12. The molecule has 1 atom stereocenters. The highest BCUT2D eigenvalue weighted by Crippen LogP contribution is 2.24. The third kappa shape index (κ3) is 2.67. The molecule has 1 aromatic rings. The Morgan fingerprint density at radius 1 is 1.71 bits per heavy atom. The Morgan fingerprint density at radius 3 is 3.12 bits per heavy atom. The highest BCUT2D eigenvalue weighted by atomic mass is 32.2. The quantitative estimate of drug-likeness (QED) is 0.776. The second kappa shape index (κ2) is 5.33. The van der Waals surface area contributed by atoms with Crippen molar-refractivity contribution in [2.24, 2.45) is 0 Å². The molecule has 2 N–H and O–H groups in total. The Kier molecular flexibility index (Phi) is 3.80. The van der Waals surface area contributed by atoms with E-state index in [2.05, 4.69) is 14.7 Å². The summed E-state index contributed by atoms with van der Waals surface area (Å²) in [5.74, 6) is 1.89. The monoisotopic (exact) mass is 255 g/mol. The first kappa shape index (κ1) is 12.1. The number of ether oxygens (including phenoxy) is 2. The molecule has 1 saturated heterocycles. The van der Waals surface area contributed by atoms with Crippen molar-refractivity contribution >= 4 is 23.5 Å². The van der Waals surface area contributed by atoms with E-state index in [9.17, 15) is 4.79 Å². The molecule has 0 amide bonds. The second-order valence-electron chi connectivity index (χ2n) is 3.45. The molecular formula is C10H13N3O3S. The molecular weight excluding hydrogens is 242 g/mol. The van der Waals surface area contributed by atoms with Gasteiger partial charge in [0.1, 0.15) is 17.5 Å². The van der Waals surface area contributed by atoms with E-state index < -0.39 is 5.97 Å². The zero-order chi connectivity index (χ0) is 12.3. The first-order chi connectivity index (χ1) is 8.22. The summed E-state index contributed by atoms with van der Waals surface area (Å²) in [5, 5.41) is 0. The summed E-state index contributed by atoms with van der Waals surface area (Å²) in [6.45, 7) is 0.678. The average molecular weight is 255 g/mol. The smallest absolute Gasteiger partial charge is 0.343 e. The topological polar surface area (TPSA) is 87.3 Å². The summed E-state index contributed by atoms with van der Waals surface area (Å²) in [6.07, 6.45) is 1.23. The van der Waals surface area contributed by atoms with E-state index in [4.69, 9.17) is 10.5 Å². The maximum Gasteiger partial charge on any atom is 0.343 e. The number of hydrogen-bond donors (Lipinski definition) is 1. The number of nitrogen functional groups attached to an aromatic ring is 1. The van der Waals surface area contributed by atoms with Gasteiger partial charge in [-0.05, 0) is 0 Å². The van der Waals surface area contributed by atoms with Crippen LogP contribution in [-0.2, 0) is 9.47 Å². The van der Waals surface area contributed by atoms with Crippen molar-refractivity contribution in [3.63, 3.8) is 0 Å². The number of hydrogen-bond acceptors (Lipinski definition) is 7. The minimum absolute atomic E-state index is 0.126. The number of anilines is 1. The summed E-state index contributed by atoms with van der Waals surface area (Å²) >= 11 is 1.78. The van der Waals surface area contributed by atoms with Crippen LogP contribution < -0.4 is 5.73 Å². The summed E-state index contributed by atoms with van der Waals surface area (Å²) < 4.78 is 10.1. The van der Waals surface area contributed by atoms with Crippen molar-refractivity contribution in [2.75, 3.05) is 31.0 Å². The van der Waals surface area contributed by atoms with Crippen LogP contribution in [0.3, 0.4) is 0 Å². The van der Waals surface area contributed by atoms with Crippen molar-refractivity contribution in [3.05, 3.63) is 17.6 Å². The Bertz CT molecular complexity index is 421. The summed E-state index contributed by atoms with van der Waals surface area (Å²) in [6, 6.07) is 0. The molecule has 0 bridgehead atoms. The van der Waals surface area contributed by atoms with Crippen LogP contribution in [0, 0.1) is 0 Å². The van der Waals surface area contributed by atoms with Crippen molar-refractivity contribution in [1.29, 1.82) is 0 Å². The number of thioether (sulfide) groups is 1. The lowest BCUT2D eigenvalue weighted by atomic mass is 10.3. The van der Waals surface area contributed by atoms with E-state index in [1.54, 1.807) is 11.8 Å². The minimum Gasteiger partial charge on any atom is -0.465 e. The van der Waals surface area contributed by atoms with Gasteiger partial charge in [0.2, 0.25) is 0 Å². The molecule has 0 aliphatic carbocycles. The molecule has 0 radical (unpaired) electrons. The maximum absolute atomic E-state index is 11.3. The number of carbonyl (C=O) groups excluding carboxylic acids is 1. The standard InChI is InChI=1S/C10H13N3O3S/c1-15-10(14)6-4-12-9(13-8(6)11)7-5-17-3-2-16-7/h4,7H,2-3,5H2,1H3,(H2,11,12,13). The van der Waals surface area contributed by atoms with Crippen LogP contribution in [0.1, 0.15) is 22.3 Å². The highest BCUT2D eigenvalue weighted by molar-refractivity contribution is 7.99. The number of methoxy groups -OCH3 is 1. The Balaban J connectivity index is 2.20. The van der Waals surface area contributed by atoms with Gasteiger partial charge < -0.3 is 15.2 Å².